The first-order valence-electron chi connectivity index (χ1n) is 6.46. The second-order valence-corrected chi connectivity index (χ2v) is 5.58. The quantitative estimate of drug-likeness (QED) is 0.810. The van der Waals surface area contributed by atoms with Crippen LogP contribution in [0.15, 0.2) is 0 Å². The molecule has 2 N–H and O–H groups in total. The molecule has 0 heterocycles. The van der Waals surface area contributed by atoms with Gasteiger partial charge >= 0.3 is 0 Å². The number of amides is 1. The average Bonchev–Trinajstić information content (AvgIpc) is 2.27. The minimum Gasteiger partial charge on any atom is -0.383 e. The fraction of sp³-hybridized carbons (Fsp3) is 0.923. The lowest BCUT2D eigenvalue weighted by Crippen LogP contribution is -2.58. The van der Waals surface area contributed by atoms with E-state index in [1.807, 2.05) is 14.0 Å². The number of carbonyl (C=O) groups is 1. The van der Waals surface area contributed by atoms with Gasteiger partial charge in [-0.25, -0.2) is 0 Å². The molecule has 1 aliphatic rings. The third kappa shape index (κ3) is 3.42. The Labute approximate surface area is 104 Å². The molecule has 1 saturated carbocycles. The zero-order valence-electron chi connectivity index (χ0n) is 11.5. The summed E-state index contributed by atoms with van der Waals surface area (Å²) in [5, 5.41) is 0. The van der Waals surface area contributed by atoms with Gasteiger partial charge in [-0.2, -0.15) is 0 Å². The zero-order chi connectivity index (χ0) is 13.1. The summed E-state index contributed by atoms with van der Waals surface area (Å²) in [6.45, 7) is 4.71. The van der Waals surface area contributed by atoms with Crippen molar-refractivity contribution in [1.29, 1.82) is 0 Å². The normalized spacial score (nSPS) is 31.0. The first-order valence-corrected chi connectivity index (χ1v) is 6.46. The van der Waals surface area contributed by atoms with Crippen LogP contribution in [-0.2, 0) is 9.53 Å². The van der Waals surface area contributed by atoms with Crippen molar-refractivity contribution in [3.05, 3.63) is 0 Å². The Hall–Kier alpha value is -0.610. The van der Waals surface area contributed by atoms with E-state index in [1.165, 1.54) is 6.42 Å². The number of hydrogen-bond donors (Lipinski definition) is 1. The molecule has 0 aromatic heterocycles. The monoisotopic (exact) mass is 242 g/mol. The molecule has 3 unspecified atom stereocenters. The summed E-state index contributed by atoms with van der Waals surface area (Å²) in [4.78, 5) is 14.2. The number of hydrogen-bond acceptors (Lipinski definition) is 3. The molecular formula is C13H26N2O2. The molecule has 1 fully saturated rings. The van der Waals surface area contributed by atoms with Crippen molar-refractivity contribution in [3.8, 4) is 0 Å². The molecule has 0 saturated heterocycles. The van der Waals surface area contributed by atoms with Gasteiger partial charge in [-0.15, -0.1) is 0 Å². The van der Waals surface area contributed by atoms with E-state index in [0.29, 0.717) is 12.5 Å². The van der Waals surface area contributed by atoms with Gasteiger partial charge in [0.25, 0.3) is 0 Å². The second kappa shape index (κ2) is 5.83. The fourth-order valence-corrected chi connectivity index (χ4v) is 2.69. The first-order chi connectivity index (χ1) is 7.90. The van der Waals surface area contributed by atoms with Crippen LogP contribution in [0.1, 0.15) is 39.5 Å². The molecule has 4 heteroatoms. The van der Waals surface area contributed by atoms with Gasteiger partial charge in [0, 0.05) is 14.2 Å². The van der Waals surface area contributed by atoms with Crippen molar-refractivity contribution in [3.63, 3.8) is 0 Å². The van der Waals surface area contributed by atoms with E-state index in [4.69, 9.17) is 10.5 Å². The summed E-state index contributed by atoms with van der Waals surface area (Å²) < 4.78 is 5.08. The van der Waals surface area contributed by atoms with Crippen molar-refractivity contribution in [1.82, 2.24) is 4.90 Å². The minimum absolute atomic E-state index is 0.0635. The van der Waals surface area contributed by atoms with E-state index < -0.39 is 5.54 Å². The Bertz CT molecular complexity index is 270. The van der Waals surface area contributed by atoms with Gasteiger partial charge in [0.05, 0.1) is 18.2 Å². The number of carbonyl (C=O) groups excluding carboxylic acids is 1. The molecule has 100 valence electrons. The van der Waals surface area contributed by atoms with Crippen molar-refractivity contribution < 1.29 is 9.53 Å². The van der Waals surface area contributed by atoms with Gasteiger partial charge in [-0.1, -0.05) is 19.8 Å². The lowest BCUT2D eigenvalue weighted by atomic mass is 9.76. The van der Waals surface area contributed by atoms with Crippen LogP contribution in [0.5, 0.6) is 0 Å². The maximum absolute atomic E-state index is 12.4. The Morgan fingerprint density at radius 1 is 1.65 bits per heavy atom. The number of nitrogens with two attached hydrogens (primary N) is 1. The highest BCUT2D eigenvalue weighted by Gasteiger charge is 2.40. The lowest BCUT2D eigenvalue weighted by Gasteiger charge is -2.39. The zero-order valence-corrected chi connectivity index (χ0v) is 11.5. The van der Waals surface area contributed by atoms with Gasteiger partial charge in [0.2, 0.25) is 5.91 Å². The highest BCUT2D eigenvalue weighted by molar-refractivity contribution is 5.86. The SMILES string of the molecule is COCC(C)N(C)C(=O)C1(N)CCCC(C)C1. The minimum atomic E-state index is -0.658. The molecule has 0 spiro atoms. The Morgan fingerprint density at radius 3 is 2.82 bits per heavy atom. The van der Waals surface area contributed by atoms with Gasteiger partial charge in [0.1, 0.15) is 0 Å². The van der Waals surface area contributed by atoms with E-state index in [2.05, 4.69) is 6.92 Å². The molecule has 1 amide bonds. The van der Waals surface area contributed by atoms with E-state index in [1.54, 1.807) is 12.0 Å². The molecule has 1 aliphatic carbocycles. The van der Waals surface area contributed by atoms with Crippen molar-refractivity contribution in [2.45, 2.75) is 51.1 Å². The maximum atomic E-state index is 12.4. The number of rotatable bonds is 4. The van der Waals surface area contributed by atoms with Crippen LogP contribution in [-0.4, -0.2) is 43.2 Å². The largest absolute Gasteiger partial charge is 0.383 e. The standard InChI is InChI=1S/C13H26N2O2/c1-10-6-5-7-13(14,8-10)12(16)15(3)11(2)9-17-4/h10-11H,5-9,14H2,1-4H3. The predicted molar refractivity (Wildman–Crippen MR) is 68.7 cm³/mol. The van der Waals surface area contributed by atoms with Crippen LogP contribution in [0.3, 0.4) is 0 Å². The van der Waals surface area contributed by atoms with Crippen LogP contribution in [0.4, 0.5) is 0 Å². The van der Waals surface area contributed by atoms with E-state index >= 15 is 0 Å². The van der Waals surface area contributed by atoms with Crippen LogP contribution in [0, 0.1) is 5.92 Å². The van der Waals surface area contributed by atoms with Gasteiger partial charge in [-0.05, 0) is 25.7 Å². The molecule has 0 aromatic rings. The molecule has 3 atom stereocenters. The average molecular weight is 242 g/mol. The van der Waals surface area contributed by atoms with Crippen molar-refractivity contribution >= 4 is 5.91 Å². The molecule has 17 heavy (non-hydrogen) atoms. The molecular weight excluding hydrogens is 216 g/mol. The van der Waals surface area contributed by atoms with Gasteiger partial charge < -0.3 is 15.4 Å². The summed E-state index contributed by atoms with van der Waals surface area (Å²) in [6.07, 6.45) is 3.84. The summed E-state index contributed by atoms with van der Waals surface area (Å²) in [5.74, 6) is 0.609. The third-order valence-corrected chi connectivity index (χ3v) is 3.85. The van der Waals surface area contributed by atoms with Crippen molar-refractivity contribution in [2.24, 2.45) is 11.7 Å². The number of likely N-dealkylation sites (N-methyl/N-ethyl adjacent to an activating group) is 1. The Kier molecular flexibility index (Phi) is 4.95. The van der Waals surface area contributed by atoms with Crippen LogP contribution >= 0.6 is 0 Å². The second-order valence-electron chi connectivity index (χ2n) is 5.58. The van der Waals surface area contributed by atoms with E-state index in [-0.39, 0.29) is 11.9 Å². The third-order valence-electron chi connectivity index (χ3n) is 3.85. The highest BCUT2D eigenvalue weighted by Crippen LogP contribution is 2.31. The van der Waals surface area contributed by atoms with Crippen molar-refractivity contribution in [2.75, 3.05) is 20.8 Å². The molecule has 0 radical (unpaired) electrons. The smallest absolute Gasteiger partial charge is 0.242 e. The molecule has 0 aliphatic heterocycles. The van der Waals surface area contributed by atoms with E-state index in [9.17, 15) is 4.79 Å². The van der Waals surface area contributed by atoms with Crippen LogP contribution in [0.2, 0.25) is 0 Å². The molecule has 1 rings (SSSR count). The number of ether oxygens (including phenoxy) is 1. The highest BCUT2D eigenvalue weighted by atomic mass is 16.5. The molecule has 4 nitrogen and oxygen atoms in total. The molecule has 0 aromatic carbocycles. The number of nitrogens with zero attached hydrogens (tertiary/aromatic N) is 1. The van der Waals surface area contributed by atoms with E-state index in [0.717, 1.165) is 19.3 Å². The van der Waals surface area contributed by atoms with Crippen LogP contribution < -0.4 is 5.73 Å². The maximum Gasteiger partial charge on any atom is 0.242 e. The van der Waals surface area contributed by atoms with Gasteiger partial charge in [-0.3, -0.25) is 4.79 Å². The summed E-state index contributed by atoms with van der Waals surface area (Å²) in [6, 6.07) is 0.0742. The predicted octanol–water partition coefficient (Wildman–Crippen LogP) is 1.39. The summed E-state index contributed by atoms with van der Waals surface area (Å²) in [7, 11) is 3.47. The lowest BCUT2D eigenvalue weighted by molar-refractivity contribution is -0.140. The first kappa shape index (κ1) is 14.5. The summed E-state index contributed by atoms with van der Waals surface area (Å²) in [5.41, 5.74) is 5.64. The van der Waals surface area contributed by atoms with Crippen LogP contribution in [0.25, 0.3) is 0 Å². The Balaban J connectivity index is 2.67. The Morgan fingerprint density at radius 2 is 2.29 bits per heavy atom. The molecule has 0 bridgehead atoms. The topological polar surface area (TPSA) is 55.6 Å². The van der Waals surface area contributed by atoms with Gasteiger partial charge in [0.15, 0.2) is 0 Å². The summed E-state index contributed by atoms with van der Waals surface area (Å²) >= 11 is 0. The fourth-order valence-electron chi connectivity index (χ4n) is 2.69. The number of methoxy groups -OCH3 is 1.